The van der Waals surface area contributed by atoms with Gasteiger partial charge in [0.15, 0.2) is 4.57 Å². The average Bonchev–Trinajstić information content (AvgIpc) is 2.95. The van der Waals surface area contributed by atoms with Crippen molar-refractivity contribution in [3.8, 4) is 0 Å². The second-order valence-electron chi connectivity index (χ2n) is 5.31. The number of fused-ring (bicyclic) bond motifs is 1. The minimum atomic E-state index is -4.15. The molecule has 9 heteroatoms. The van der Waals surface area contributed by atoms with Gasteiger partial charge in [-0.1, -0.05) is 0 Å². The van der Waals surface area contributed by atoms with Crippen molar-refractivity contribution in [2.75, 3.05) is 25.0 Å². The molecule has 0 bridgehead atoms. The summed E-state index contributed by atoms with van der Waals surface area (Å²) >= 11 is 4.73. The van der Waals surface area contributed by atoms with Crippen LogP contribution in [0.1, 0.15) is 16.1 Å². The molecular formula is C12H13BrF3N3OS. The lowest BCUT2D eigenvalue weighted by molar-refractivity contribution is -0.170. The fourth-order valence-electron chi connectivity index (χ4n) is 2.70. The lowest BCUT2D eigenvalue weighted by Gasteiger charge is -2.37. The van der Waals surface area contributed by atoms with Crippen LogP contribution in [0.4, 0.5) is 18.9 Å². The maximum absolute atomic E-state index is 12.7. The van der Waals surface area contributed by atoms with Gasteiger partial charge >= 0.3 is 6.18 Å². The van der Waals surface area contributed by atoms with Crippen LogP contribution in [-0.2, 0) is 0 Å². The van der Waals surface area contributed by atoms with E-state index in [1.165, 1.54) is 11.3 Å². The van der Waals surface area contributed by atoms with E-state index in [1.807, 2.05) is 0 Å². The largest absolute Gasteiger partial charge is 0.393 e. The number of hydrogen-bond acceptors (Lipinski definition) is 4. The molecule has 21 heavy (non-hydrogen) atoms. The highest BCUT2D eigenvalue weighted by atomic mass is 79.9. The molecule has 3 rings (SSSR count). The molecule has 1 saturated heterocycles. The second-order valence-corrected chi connectivity index (χ2v) is 7.58. The molecule has 2 atom stereocenters. The van der Waals surface area contributed by atoms with Crippen molar-refractivity contribution in [2.45, 2.75) is 17.2 Å². The van der Waals surface area contributed by atoms with Crippen molar-refractivity contribution in [3.05, 3.63) is 16.3 Å². The van der Waals surface area contributed by atoms with Gasteiger partial charge in [-0.15, -0.1) is 11.3 Å². The third-order valence-electron chi connectivity index (χ3n) is 3.69. The van der Waals surface area contributed by atoms with E-state index in [4.69, 9.17) is 0 Å². The number of halogens is 4. The zero-order valence-electron chi connectivity index (χ0n) is 10.8. The number of hydrogen-bond donors (Lipinski definition) is 2. The highest BCUT2D eigenvalue weighted by Crippen LogP contribution is 2.36. The predicted octanol–water partition coefficient (Wildman–Crippen LogP) is 2.84. The van der Waals surface area contributed by atoms with E-state index >= 15 is 0 Å². The van der Waals surface area contributed by atoms with Gasteiger partial charge in [0.05, 0.1) is 18.2 Å². The summed E-state index contributed by atoms with van der Waals surface area (Å²) in [6.07, 6.45) is -4.05. The summed E-state index contributed by atoms with van der Waals surface area (Å²) in [6, 6.07) is 1.79. The fourth-order valence-corrected chi connectivity index (χ4v) is 4.19. The second kappa shape index (κ2) is 5.13. The minimum Gasteiger partial charge on any atom is -0.351 e. The molecule has 1 fully saturated rings. The first-order valence-electron chi connectivity index (χ1n) is 6.43. The zero-order valence-corrected chi connectivity index (χ0v) is 13.2. The summed E-state index contributed by atoms with van der Waals surface area (Å²) < 4.78 is 37.2. The molecule has 0 radical (unpaired) electrons. The Kier molecular flexibility index (Phi) is 3.69. The van der Waals surface area contributed by atoms with Gasteiger partial charge in [0.1, 0.15) is 4.88 Å². The fraction of sp³-hybridized carbons (Fsp3) is 0.583. The SMILES string of the molecule is O=C1NC(Br)(CN2CCC(C(F)(F)F)C2)Nc2ccsc21. The van der Waals surface area contributed by atoms with Crippen LogP contribution in [0, 0.1) is 5.92 Å². The molecule has 2 N–H and O–H groups in total. The summed E-state index contributed by atoms with van der Waals surface area (Å²) in [5.41, 5.74) is 0.701. The van der Waals surface area contributed by atoms with Gasteiger partial charge in [0.2, 0.25) is 0 Å². The normalized spacial score (nSPS) is 29.9. The van der Waals surface area contributed by atoms with Crippen molar-refractivity contribution in [3.63, 3.8) is 0 Å². The molecule has 0 saturated carbocycles. The number of nitrogens with zero attached hydrogens (tertiary/aromatic N) is 1. The van der Waals surface area contributed by atoms with Gasteiger partial charge in [-0.2, -0.15) is 13.2 Å². The van der Waals surface area contributed by atoms with Crippen LogP contribution < -0.4 is 10.6 Å². The molecule has 3 heterocycles. The Labute approximate surface area is 131 Å². The Hall–Kier alpha value is -0.800. The number of anilines is 1. The number of likely N-dealkylation sites (tertiary alicyclic amines) is 1. The van der Waals surface area contributed by atoms with Crippen molar-refractivity contribution in [1.29, 1.82) is 0 Å². The molecule has 4 nitrogen and oxygen atoms in total. The van der Waals surface area contributed by atoms with Crippen LogP contribution in [0.2, 0.25) is 0 Å². The highest BCUT2D eigenvalue weighted by molar-refractivity contribution is 9.10. The minimum absolute atomic E-state index is 0.0368. The maximum atomic E-state index is 12.7. The van der Waals surface area contributed by atoms with E-state index in [0.29, 0.717) is 17.1 Å². The van der Waals surface area contributed by atoms with E-state index in [-0.39, 0.29) is 25.4 Å². The Morgan fingerprint density at radius 2 is 2.24 bits per heavy atom. The Bertz CT molecular complexity index is 564. The van der Waals surface area contributed by atoms with Crippen molar-refractivity contribution < 1.29 is 18.0 Å². The Balaban J connectivity index is 1.68. The molecule has 2 aliphatic rings. The van der Waals surface area contributed by atoms with E-state index in [1.54, 1.807) is 16.3 Å². The summed E-state index contributed by atoms with van der Waals surface area (Å²) in [5.74, 6) is -1.51. The topological polar surface area (TPSA) is 44.4 Å². The third-order valence-corrected chi connectivity index (χ3v) is 5.25. The summed E-state index contributed by atoms with van der Waals surface area (Å²) in [5, 5.41) is 7.70. The van der Waals surface area contributed by atoms with Gasteiger partial charge in [0.25, 0.3) is 5.91 Å². The van der Waals surface area contributed by atoms with E-state index < -0.39 is 16.7 Å². The molecular weight excluding hydrogens is 371 g/mol. The molecule has 2 unspecified atom stereocenters. The monoisotopic (exact) mass is 383 g/mol. The lowest BCUT2D eigenvalue weighted by atomic mass is 10.1. The molecule has 0 spiro atoms. The van der Waals surface area contributed by atoms with Crippen LogP contribution >= 0.6 is 27.3 Å². The first-order chi connectivity index (χ1) is 9.77. The zero-order chi connectivity index (χ0) is 15.3. The van der Waals surface area contributed by atoms with Crippen molar-refractivity contribution in [2.24, 2.45) is 5.92 Å². The molecule has 116 valence electrons. The Morgan fingerprint density at radius 1 is 1.48 bits per heavy atom. The smallest absolute Gasteiger partial charge is 0.351 e. The Morgan fingerprint density at radius 3 is 2.90 bits per heavy atom. The standard InChI is InChI=1S/C12H13BrF3N3OS/c13-11(6-19-3-1-7(5-19)12(14,15)16)17-8-2-4-21-9(8)10(20)18-11/h2,4,7,17H,1,3,5-6H2,(H,18,20). The van der Waals surface area contributed by atoms with Crippen LogP contribution in [0.25, 0.3) is 0 Å². The van der Waals surface area contributed by atoms with Crippen LogP contribution in [0.3, 0.4) is 0 Å². The van der Waals surface area contributed by atoms with E-state index in [0.717, 1.165) is 0 Å². The molecule has 1 amide bonds. The summed E-state index contributed by atoms with van der Waals surface area (Å²) in [6.45, 7) is 0.594. The first-order valence-corrected chi connectivity index (χ1v) is 8.10. The molecule has 1 aromatic rings. The summed E-state index contributed by atoms with van der Waals surface area (Å²) in [7, 11) is 0. The van der Waals surface area contributed by atoms with Gasteiger partial charge < -0.3 is 10.6 Å². The molecule has 0 aliphatic carbocycles. The molecule has 2 aliphatic heterocycles. The van der Waals surface area contributed by atoms with Gasteiger partial charge in [-0.05, 0) is 40.3 Å². The third kappa shape index (κ3) is 3.04. The first kappa shape index (κ1) is 15.1. The van der Waals surface area contributed by atoms with Gasteiger partial charge in [0, 0.05) is 6.54 Å². The number of amides is 1. The maximum Gasteiger partial charge on any atom is 0.393 e. The number of thiophene rings is 1. The van der Waals surface area contributed by atoms with E-state index in [2.05, 4.69) is 26.6 Å². The van der Waals surface area contributed by atoms with E-state index in [9.17, 15) is 18.0 Å². The number of carbonyl (C=O) groups is 1. The predicted molar refractivity (Wildman–Crippen MR) is 77.7 cm³/mol. The number of nitrogens with one attached hydrogen (secondary N) is 2. The average molecular weight is 384 g/mol. The number of rotatable bonds is 2. The lowest BCUT2D eigenvalue weighted by Crippen LogP contribution is -2.58. The molecule has 0 aromatic carbocycles. The molecule has 1 aromatic heterocycles. The van der Waals surface area contributed by atoms with Gasteiger partial charge in [-0.25, -0.2) is 0 Å². The summed E-state index contributed by atoms with van der Waals surface area (Å²) in [4.78, 5) is 14.3. The highest BCUT2D eigenvalue weighted by Gasteiger charge is 2.46. The van der Waals surface area contributed by atoms with Crippen LogP contribution in [0.15, 0.2) is 11.4 Å². The quantitative estimate of drug-likeness (QED) is 0.609. The van der Waals surface area contributed by atoms with Crippen LogP contribution in [0.5, 0.6) is 0 Å². The number of carbonyl (C=O) groups excluding carboxylic acids is 1. The van der Waals surface area contributed by atoms with Crippen LogP contribution in [-0.4, -0.2) is 41.2 Å². The van der Waals surface area contributed by atoms with Crippen molar-refractivity contribution in [1.82, 2.24) is 10.2 Å². The van der Waals surface area contributed by atoms with Crippen molar-refractivity contribution >= 4 is 38.9 Å². The van der Waals surface area contributed by atoms with Gasteiger partial charge in [-0.3, -0.25) is 9.69 Å². The number of alkyl halides is 4.